The summed E-state index contributed by atoms with van der Waals surface area (Å²) in [5.41, 5.74) is 5.98. The number of aryl methyl sites for hydroxylation is 1. The maximum atomic E-state index is 10.0. The first kappa shape index (κ1) is 25.2. The Morgan fingerprint density at radius 1 is 1.08 bits per heavy atom. The molecule has 4 nitrogen and oxygen atoms in total. The number of nitrogens with zero attached hydrogens (tertiary/aromatic N) is 4. The molecule has 1 aliphatic rings. The molecule has 0 radical (unpaired) electrons. The van der Waals surface area contributed by atoms with Gasteiger partial charge in [-0.1, -0.05) is 79.5 Å². The van der Waals surface area contributed by atoms with Crippen LogP contribution in [-0.2, 0) is 5.41 Å². The molecular formula is C30H24Cl2N4S. The third-order valence-electron chi connectivity index (χ3n) is 6.37. The molecule has 0 unspecified atom stereocenters. The lowest BCUT2D eigenvalue weighted by Gasteiger charge is -2.29. The van der Waals surface area contributed by atoms with Crippen molar-refractivity contribution >= 4 is 57.9 Å². The number of nitriles is 1. The quantitative estimate of drug-likeness (QED) is 0.236. The van der Waals surface area contributed by atoms with E-state index in [-0.39, 0.29) is 5.41 Å². The van der Waals surface area contributed by atoms with Crippen LogP contribution in [0.1, 0.15) is 53.1 Å². The van der Waals surface area contributed by atoms with Crippen LogP contribution in [0.4, 0.5) is 5.00 Å². The zero-order valence-corrected chi connectivity index (χ0v) is 23.0. The molecule has 2 aromatic carbocycles. The summed E-state index contributed by atoms with van der Waals surface area (Å²) in [6.45, 7) is 6.37. The highest BCUT2D eigenvalue weighted by Gasteiger charge is 2.33. The molecule has 0 fully saturated rings. The van der Waals surface area contributed by atoms with E-state index in [1.54, 1.807) is 22.2 Å². The van der Waals surface area contributed by atoms with Crippen LogP contribution < -0.4 is 0 Å². The normalized spacial score (nSPS) is 14.6. The fourth-order valence-corrected chi connectivity index (χ4v) is 6.24. The fraction of sp³-hybridized carbons (Fsp3) is 0.167. The third-order valence-corrected chi connectivity index (χ3v) is 8.56. The second kappa shape index (κ2) is 10.1. The van der Waals surface area contributed by atoms with E-state index >= 15 is 0 Å². The van der Waals surface area contributed by atoms with E-state index in [2.05, 4.69) is 42.2 Å². The average molecular weight is 544 g/mol. The Hall–Kier alpha value is -3.43. The van der Waals surface area contributed by atoms with Gasteiger partial charge in [-0.2, -0.15) is 10.4 Å². The molecule has 0 saturated carbocycles. The van der Waals surface area contributed by atoms with Crippen molar-refractivity contribution in [3.8, 4) is 11.8 Å². The zero-order chi connectivity index (χ0) is 26.2. The van der Waals surface area contributed by atoms with Gasteiger partial charge in [0.25, 0.3) is 0 Å². The minimum atomic E-state index is -0.148. The molecule has 2 heterocycles. The standard InChI is InChI=1S/C30H24Cl2N4S/c1-19-23(28(32)36(35-19)22-10-5-4-6-11-22)14-13-20-15-24-25(17-33)29(37-27(24)30(2,3)16-20)34-18-21-9-7-8-12-26(21)31/h4-15,18H,16H2,1-3H3/b14-13-,34-18+. The van der Waals surface area contributed by atoms with Gasteiger partial charge in [0, 0.05) is 38.2 Å². The van der Waals surface area contributed by atoms with Crippen molar-refractivity contribution in [1.82, 2.24) is 9.78 Å². The highest BCUT2D eigenvalue weighted by Crippen LogP contribution is 2.48. The van der Waals surface area contributed by atoms with Gasteiger partial charge in [0.2, 0.25) is 0 Å². The summed E-state index contributed by atoms with van der Waals surface area (Å²) in [6.07, 6.45) is 8.77. The number of halogens is 2. The summed E-state index contributed by atoms with van der Waals surface area (Å²) in [5.74, 6) is 0. The van der Waals surface area contributed by atoms with Crippen LogP contribution in [0.15, 0.2) is 71.2 Å². The van der Waals surface area contributed by atoms with E-state index in [4.69, 9.17) is 23.2 Å². The van der Waals surface area contributed by atoms with Gasteiger partial charge >= 0.3 is 0 Å². The van der Waals surface area contributed by atoms with E-state index in [1.807, 2.05) is 67.6 Å². The Balaban J connectivity index is 1.50. The first-order chi connectivity index (χ1) is 17.8. The van der Waals surface area contributed by atoms with Crippen molar-refractivity contribution in [2.45, 2.75) is 32.6 Å². The number of hydrogen-bond acceptors (Lipinski definition) is 4. The van der Waals surface area contributed by atoms with Gasteiger partial charge in [-0.3, -0.25) is 0 Å². The van der Waals surface area contributed by atoms with Gasteiger partial charge in [0.05, 0.1) is 16.9 Å². The number of aromatic nitrogens is 2. The average Bonchev–Trinajstić information content (AvgIpc) is 3.39. The van der Waals surface area contributed by atoms with Gasteiger partial charge in [0.1, 0.15) is 16.2 Å². The molecule has 0 amide bonds. The number of thiophene rings is 1. The van der Waals surface area contributed by atoms with Gasteiger partial charge < -0.3 is 0 Å². The van der Waals surface area contributed by atoms with Gasteiger partial charge in [0.15, 0.2) is 0 Å². The third kappa shape index (κ3) is 4.93. The van der Waals surface area contributed by atoms with Crippen molar-refractivity contribution in [2.75, 3.05) is 0 Å². The van der Waals surface area contributed by atoms with E-state index < -0.39 is 0 Å². The molecule has 2 aromatic heterocycles. The number of rotatable bonds is 5. The first-order valence-corrected chi connectivity index (χ1v) is 13.4. The number of para-hydroxylation sites is 1. The zero-order valence-electron chi connectivity index (χ0n) is 20.7. The molecule has 5 rings (SSSR count). The van der Waals surface area contributed by atoms with E-state index in [0.29, 0.717) is 20.7 Å². The monoisotopic (exact) mass is 542 g/mol. The Kier molecular flexibility index (Phi) is 6.92. The lowest BCUT2D eigenvalue weighted by atomic mass is 9.77. The largest absolute Gasteiger partial charge is 0.244 e. The molecule has 0 saturated heterocycles. The predicted molar refractivity (Wildman–Crippen MR) is 156 cm³/mol. The lowest BCUT2D eigenvalue weighted by molar-refractivity contribution is 0.531. The van der Waals surface area contributed by atoms with Crippen LogP contribution in [-0.4, -0.2) is 16.0 Å². The summed E-state index contributed by atoms with van der Waals surface area (Å²) in [6, 6.07) is 19.8. The molecule has 0 aliphatic heterocycles. The molecule has 0 spiro atoms. The maximum Gasteiger partial charge on any atom is 0.140 e. The first-order valence-electron chi connectivity index (χ1n) is 11.8. The number of benzene rings is 2. The van der Waals surface area contributed by atoms with Gasteiger partial charge in [-0.15, -0.1) is 11.3 Å². The number of hydrogen-bond donors (Lipinski definition) is 0. The van der Waals surface area contributed by atoms with E-state index in [1.165, 1.54) is 4.88 Å². The van der Waals surface area contributed by atoms with Crippen molar-refractivity contribution in [2.24, 2.45) is 4.99 Å². The minimum absolute atomic E-state index is 0.148. The van der Waals surface area contributed by atoms with Gasteiger partial charge in [-0.05, 0) is 49.3 Å². The minimum Gasteiger partial charge on any atom is -0.244 e. The van der Waals surface area contributed by atoms with Crippen LogP contribution in [0.5, 0.6) is 0 Å². The molecule has 7 heteroatoms. The Morgan fingerprint density at radius 3 is 2.54 bits per heavy atom. The van der Waals surface area contributed by atoms with Crippen LogP contribution in [0.25, 0.3) is 17.8 Å². The molecule has 0 atom stereocenters. The van der Waals surface area contributed by atoms with Crippen molar-refractivity contribution < 1.29 is 0 Å². The molecule has 184 valence electrons. The van der Waals surface area contributed by atoms with Crippen LogP contribution in [0.3, 0.4) is 0 Å². The predicted octanol–water partition coefficient (Wildman–Crippen LogP) is 8.95. The molecular weight excluding hydrogens is 519 g/mol. The Morgan fingerprint density at radius 2 is 1.81 bits per heavy atom. The Bertz CT molecular complexity index is 1620. The summed E-state index contributed by atoms with van der Waals surface area (Å²) < 4.78 is 1.75. The fourth-order valence-electron chi connectivity index (χ4n) is 4.54. The molecule has 0 N–H and O–H groups in total. The molecule has 0 bridgehead atoms. The topological polar surface area (TPSA) is 54.0 Å². The lowest BCUT2D eigenvalue weighted by Crippen LogP contribution is -2.20. The summed E-state index contributed by atoms with van der Waals surface area (Å²) in [5, 5.41) is 16.6. The van der Waals surface area contributed by atoms with Crippen LogP contribution in [0, 0.1) is 18.3 Å². The smallest absolute Gasteiger partial charge is 0.140 e. The highest BCUT2D eigenvalue weighted by molar-refractivity contribution is 7.16. The highest BCUT2D eigenvalue weighted by atomic mass is 35.5. The van der Waals surface area contributed by atoms with Crippen LogP contribution >= 0.6 is 34.5 Å². The SMILES string of the molecule is Cc1nn(-c2ccccc2)c(Cl)c1/C=C\C1=Cc2c(sc(/N=C/c3ccccc3Cl)c2C#N)C(C)(C)C1. The number of allylic oxidation sites excluding steroid dienone is 2. The molecule has 1 aliphatic carbocycles. The van der Waals surface area contributed by atoms with Crippen molar-refractivity contribution in [3.05, 3.63) is 109 Å². The maximum absolute atomic E-state index is 10.0. The van der Waals surface area contributed by atoms with E-state index in [9.17, 15) is 5.26 Å². The number of fused-ring (bicyclic) bond motifs is 1. The van der Waals surface area contributed by atoms with Crippen LogP contribution in [0.2, 0.25) is 10.2 Å². The second-order valence-electron chi connectivity index (χ2n) is 9.57. The summed E-state index contributed by atoms with van der Waals surface area (Å²) >= 11 is 14.6. The molecule has 37 heavy (non-hydrogen) atoms. The summed E-state index contributed by atoms with van der Waals surface area (Å²) in [4.78, 5) is 5.83. The van der Waals surface area contributed by atoms with Crippen molar-refractivity contribution in [3.63, 3.8) is 0 Å². The molecule has 4 aromatic rings. The Labute approximate surface area is 230 Å². The van der Waals surface area contributed by atoms with E-state index in [0.717, 1.165) is 40.1 Å². The van der Waals surface area contributed by atoms with Gasteiger partial charge in [-0.25, -0.2) is 9.67 Å². The second-order valence-corrected chi connectivity index (χ2v) is 11.3. The summed E-state index contributed by atoms with van der Waals surface area (Å²) in [7, 11) is 0. The number of aliphatic imine (C=N–C) groups is 1. The van der Waals surface area contributed by atoms with Crippen molar-refractivity contribution in [1.29, 1.82) is 5.26 Å².